The number of nitro benzene ring substituents is 1. The molecule has 0 atom stereocenters. The van der Waals surface area contributed by atoms with Crippen LogP contribution in [0.2, 0.25) is 0 Å². The fourth-order valence-electron chi connectivity index (χ4n) is 3.13. The molecule has 3 aromatic rings. The first-order chi connectivity index (χ1) is 12.2. The number of non-ortho nitro benzene ring substituents is 1. The third-order valence-corrected chi connectivity index (χ3v) is 4.32. The van der Waals surface area contributed by atoms with Crippen molar-refractivity contribution in [2.75, 3.05) is 6.61 Å². The summed E-state index contributed by atoms with van der Waals surface area (Å²) in [5.74, 6) is 0.854. The number of fused-ring (bicyclic) bond motifs is 1. The first-order valence-corrected chi connectivity index (χ1v) is 7.99. The van der Waals surface area contributed by atoms with Crippen LogP contribution in [0.15, 0.2) is 78.9 Å². The Morgan fingerprint density at radius 2 is 1.48 bits per heavy atom. The molecular weight excluding hydrogens is 314 g/mol. The monoisotopic (exact) mass is 329 g/mol. The SMILES string of the molecule is O=[N+]([O-])c1ccc(C2=C(c3ccccc3)c3ccccc3OC2)cc1. The average molecular weight is 329 g/mol. The summed E-state index contributed by atoms with van der Waals surface area (Å²) in [7, 11) is 0. The van der Waals surface area contributed by atoms with Crippen LogP contribution in [0.4, 0.5) is 5.69 Å². The highest BCUT2D eigenvalue weighted by Crippen LogP contribution is 2.40. The molecule has 0 spiro atoms. The van der Waals surface area contributed by atoms with Gasteiger partial charge in [-0.3, -0.25) is 10.1 Å². The minimum absolute atomic E-state index is 0.0859. The summed E-state index contributed by atoms with van der Waals surface area (Å²) in [6, 6.07) is 24.7. The summed E-state index contributed by atoms with van der Waals surface area (Å²) >= 11 is 0. The molecule has 1 aliphatic rings. The van der Waals surface area contributed by atoms with Gasteiger partial charge in [0.25, 0.3) is 5.69 Å². The van der Waals surface area contributed by atoms with E-state index in [9.17, 15) is 10.1 Å². The van der Waals surface area contributed by atoms with E-state index < -0.39 is 0 Å². The van der Waals surface area contributed by atoms with Crippen molar-refractivity contribution in [3.63, 3.8) is 0 Å². The van der Waals surface area contributed by atoms with Gasteiger partial charge in [0.15, 0.2) is 0 Å². The van der Waals surface area contributed by atoms with E-state index >= 15 is 0 Å². The molecule has 1 aliphatic heterocycles. The van der Waals surface area contributed by atoms with Crippen molar-refractivity contribution < 1.29 is 9.66 Å². The van der Waals surface area contributed by atoms with Crippen molar-refractivity contribution in [1.29, 1.82) is 0 Å². The van der Waals surface area contributed by atoms with Gasteiger partial charge in [0.1, 0.15) is 12.4 Å². The van der Waals surface area contributed by atoms with Crippen LogP contribution in [0.1, 0.15) is 16.7 Å². The minimum Gasteiger partial charge on any atom is -0.488 e. The molecule has 1 heterocycles. The molecule has 0 saturated heterocycles. The van der Waals surface area contributed by atoms with Gasteiger partial charge >= 0.3 is 0 Å². The minimum atomic E-state index is -0.386. The largest absolute Gasteiger partial charge is 0.488 e. The van der Waals surface area contributed by atoms with Crippen molar-refractivity contribution in [3.05, 3.63) is 106 Å². The summed E-state index contributed by atoms with van der Waals surface area (Å²) in [5.41, 5.74) is 5.29. The second kappa shape index (κ2) is 6.24. The molecule has 0 saturated carbocycles. The number of hydrogen-bond acceptors (Lipinski definition) is 3. The second-order valence-electron chi connectivity index (χ2n) is 5.81. The van der Waals surface area contributed by atoms with Crippen LogP contribution in [0, 0.1) is 10.1 Å². The molecule has 4 rings (SSSR count). The Bertz CT molecular complexity index is 960. The molecule has 0 aliphatic carbocycles. The normalized spacial score (nSPS) is 13.1. The fraction of sp³-hybridized carbons (Fsp3) is 0.0476. The van der Waals surface area contributed by atoms with Crippen LogP contribution in [0.5, 0.6) is 5.75 Å². The van der Waals surface area contributed by atoms with Crippen LogP contribution >= 0.6 is 0 Å². The maximum absolute atomic E-state index is 10.9. The summed E-state index contributed by atoms with van der Waals surface area (Å²) < 4.78 is 5.93. The smallest absolute Gasteiger partial charge is 0.269 e. The highest BCUT2D eigenvalue weighted by atomic mass is 16.6. The fourth-order valence-corrected chi connectivity index (χ4v) is 3.13. The van der Waals surface area contributed by atoms with Gasteiger partial charge in [0.2, 0.25) is 0 Å². The number of hydrogen-bond donors (Lipinski definition) is 0. The van der Waals surface area contributed by atoms with Crippen LogP contribution < -0.4 is 4.74 Å². The summed E-state index contributed by atoms with van der Waals surface area (Å²) in [4.78, 5) is 10.5. The van der Waals surface area contributed by atoms with Crippen molar-refractivity contribution in [2.45, 2.75) is 0 Å². The maximum atomic E-state index is 10.9. The Balaban J connectivity index is 1.92. The third-order valence-electron chi connectivity index (χ3n) is 4.32. The van der Waals surface area contributed by atoms with Gasteiger partial charge in [-0.1, -0.05) is 48.5 Å². The van der Waals surface area contributed by atoms with Crippen LogP contribution in [-0.2, 0) is 0 Å². The molecule has 3 aromatic carbocycles. The Labute approximate surface area is 145 Å². The van der Waals surface area contributed by atoms with Gasteiger partial charge in [-0.2, -0.15) is 0 Å². The molecule has 0 unspecified atom stereocenters. The summed E-state index contributed by atoms with van der Waals surface area (Å²) in [6.45, 7) is 0.430. The quantitative estimate of drug-likeness (QED) is 0.505. The number of nitro groups is 1. The lowest BCUT2D eigenvalue weighted by Crippen LogP contribution is -2.11. The number of rotatable bonds is 3. The van der Waals surface area contributed by atoms with Gasteiger partial charge in [0, 0.05) is 23.3 Å². The second-order valence-corrected chi connectivity index (χ2v) is 5.81. The van der Waals surface area contributed by atoms with Crippen molar-refractivity contribution in [3.8, 4) is 5.75 Å². The van der Waals surface area contributed by atoms with E-state index in [1.54, 1.807) is 12.1 Å². The Morgan fingerprint density at radius 1 is 0.800 bits per heavy atom. The maximum Gasteiger partial charge on any atom is 0.269 e. The van der Waals surface area contributed by atoms with Crippen molar-refractivity contribution in [2.24, 2.45) is 0 Å². The Hall–Kier alpha value is -3.40. The van der Waals surface area contributed by atoms with E-state index in [0.29, 0.717) is 6.61 Å². The molecule has 0 fully saturated rings. The molecule has 0 bridgehead atoms. The Kier molecular flexibility index (Phi) is 3.78. The predicted molar refractivity (Wildman–Crippen MR) is 97.4 cm³/mol. The van der Waals surface area contributed by atoms with Gasteiger partial charge in [-0.15, -0.1) is 0 Å². The van der Waals surface area contributed by atoms with Gasteiger partial charge < -0.3 is 4.74 Å². The Morgan fingerprint density at radius 3 is 2.20 bits per heavy atom. The van der Waals surface area contributed by atoms with Gasteiger partial charge in [-0.25, -0.2) is 0 Å². The summed E-state index contributed by atoms with van der Waals surface area (Å²) in [5, 5.41) is 10.9. The van der Waals surface area contributed by atoms with E-state index in [-0.39, 0.29) is 10.6 Å². The van der Waals surface area contributed by atoms with Crippen LogP contribution in [-0.4, -0.2) is 11.5 Å². The molecule has 4 nitrogen and oxygen atoms in total. The third kappa shape index (κ3) is 2.78. The first kappa shape index (κ1) is 15.1. The van der Waals surface area contributed by atoms with E-state index in [1.807, 2.05) is 42.5 Å². The lowest BCUT2D eigenvalue weighted by Gasteiger charge is -2.24. The molecule has 0 N–H and O–H groups in total. The lowest BCUT2D eigenvalue weighted by atomic mass is 9.88. The van der Waals surface area contributed by atoms with Gasteiger partial charge in [0.05, 0.1) is 4.92 Å². The van der Waals surface area contributed by atoms with Crippen LogP contribution in [0.25, 0.3) is 11.1 Å². The number of para-hydroxylation sites is 1. The van der Waals surface area contributed by atoms with Crippen LogP contribution in [0.3, 0.4) is 0 Å². The summed E-state index contributed by atoms with van der Waals surface area (Å²) in [6.07, 6.45) is 0. The molecule has 0 radical (unpaired) electrons. The highest BCUT2D eigenvalue weighted by molar-refractivity contribution is 6.01. The predicted octanol–water partition coefficient (Wildman–Crippen LogP) is 4.95. The van der Waals surface area contributed by atoms with Gasteiger partial charge in [-0.05, 0) is 34.9 Å². The molecule has 4 heteroatoms. The van der Waals surface area contributed by atoms with Crippen molar-refractivity contribution >= 4 is 16.8 Å². The van der Waals surface area contributed by atoms with E-state index in [2.05, 4.69) is 12.1 Å². The number of benzene rings is 3. The molecular formula is C21H15NO3. The average Bonchev–Trinajstić information content (AvgIpc) is 2.68. The number of ether oxygens (including phenoxy) is 1. The zero-order valence-corrected chi connectivity index (χ0v) is 13.4. The standard InChI is InChI=1S/C21H15NO3/c23-22(24)17-12-10-15(11-13-17)19-14-25-20-9-5-4-8-18(20)21(19)16-6-2-1-3-7-16/h1-13H,14H2. The zero-order chi connectivity index (χ0) is 17.2. The topological polar surface area (TPSA) is 52.4 Å². The van der Waals surface area contributed by atoms with Crippen molar-refractivity contribution in [1.82, 2.24) is 0 Å². The van der Waals surface area contributed by atoms with E-state index in [4.69, 9.17) is 4.74 Å². The molecule has 122 valence electrons. The highest BCUT2D eigenvalue weighted by Gasteiger charge is 2.22. The first-order valence-electron chi connectivity index (χ1n) is 7.99. The zero-order valence-electron chi connectivity index (χ0n) is 13.4. The number of nitrogens with zero attached hydrogens (tertiary/aromatic N) is 1. The molecule has 25 heavy (non-hydrogen) atoms. The molecule has 0 amide bonds. The lowest BCUT2D eigenvalue weighted by molar-refractivity contribution is -0.384. The van der Waals surface area contributed by atoms with E-state index in [0.717, 1.165) is 33.6 Å². The molecule has 0 aromatic heterocycles. The van der Waals surface area contributed by atoms with E-state index in [1.165, 1.54) is 12.1 Å².